The fraction of sp³-hybridized carbons (Fsp3) is 0.684. The van der Waals surface area contributed by atoms with Crippen molar-refractivity contribution in [3.05, 3.63) is 35.9 Å². The Bertz CT molecular complexity index is 403. The van der Waals surface area contributed by atoms with Gasteiger partial charge < -0.3 is 0 Å². The van der Waals surface area contributed by atoms with Crippen LogP contribution in [0.5, 0.6) is 0 Å². The van der Waals surface area contributed by atoms with Crippen molar-refractivity contribution < 1.29 is 0 Å². The largest absolute Gasteiger partial charge is 0.288 e. The molecule has 2 nitrogen and oxygen atoms in total. The highest BCUT2D eigenvalue weighted by atomic mass is 15.4. The molecule has 0 N–H and O–H groups in total. The minimum Gasteiger partial charge on any atom is -0.288 e. The Morgan fingerprint density at radius 1 is 0.762 bits per heavy atom. The Morgan fingerprint density at radius 2 is 1.48 bits per heavy atom. The molecule has 21 heavy (non-hydrogen) atoms. The van der Waals surface area contributed by atoms with Gasteiger partial charge in [0.2, 0.25) is 0 Å². The molecule has 1 atom stereocenters. The van der Waals surface area contributed by atoms with Crippen LogP contribution in [0.15, 0.2) is 30.3 Å². The predicted octanol–water partition coefficient (Wildman–Crippen LogP) is 4.26. The molecule has 0 bridgehead atoms. The molecule has 0 amide bonds. The Kier molecular flexibility index (Phi) is 5.70. The highest BCUT2D eigenvalue weighted by Crippen LogP contribution is 2.24. The number of hydrogen-bond acceptors (Lipinski definition) is 2. The third kappa shape index (κ3) is 4.31. The van der Waals surface area contributed by atoms with Crippen LogP contribution < -0.4 is 0 Å². The van der Waals surface area contributed by atoms with Crippen molar-refractivity contribution in [3.63, 3.8) is 0 Å². The van der Waals surface area contributed by atoms with Crippen molar-refractivity contribution in [1.82, 2.24) is 9.80 Å². The van der Waals surface area contributed by atoms with E-state index >= 15 is 0 Å². The molecular formula is C19H30N2. The Hall–Kier alpha value is -0.860. The number of fused-ring (bicyclic) bond motifs is 1. The highest BCUT2D eigenvalue weighted by molar-refractivity contribution is 5.14. The zero-order valence-corrected chi connectivity index (χ0v) is 13.3. The van der Waals surface area contributed by atoms with E-state index in [0.29, 0.717) is 6.17 Å². The molecule has 0 saturated carbocycles. The zero-order valence-electron chi connectivity index (χ0n) is 13.3. The second-order valence-corrected chi connectivity index (χ2v) is 6.74. The van der Waals surface area contributed by atoms with E-state index in [2.05, 4.69) is 40.1 Å². The summed E-state index contributed by atoms with van der Waals surface area (Å²) in [6.07, 6.45) is 12.0. The summed E-state index contributed by atoms with van der Waals surface area (Å²) in [7, 11) is 0. The second-order valence-electron chi connectivity index (χ2n) is 6.74. The van der Waals surface area contributed by atoms with Crippen molar-refractivity contribution in [1.29, 1.82) is 0 Å². The van der Waals surface area contributed by atoms with Crippen molar-refractivity contribution in [2.75, 3.05) is 19.6 Å². The first kappa shape index (κ1) is 15.1. The van der Waals surface area contributed by atoms with E-state index in [0.717, 1.165) is 6.54 Å². The summed E-state index contributed by atoms with van der Waals surface area (Å²) in [5.74, 6) is 0. The summed E-state index contributed by atoms with van der Waals surface area (Å²) < 4.78 is 0. The van der Waals surface area contributed by atoms with E-state index in [1.807, 2.05) is 0 Å². The molecule has 1 aromatic carbocycles. The van der Waals surface area contributed by atoms with E-state index in [1.165, 1.54) is 76.6 Å². The van der Waals surface area contributed by atoms with Crippen LogP contribution in [0.25, 0.3) is 0 Å². The van der Waals surface area contributed by atoms with Gasteiger partial charge in [-0.25, -0.2) is 0 Å². The van der Waals surface area contributed by atoms with Crippen molar-refractivity contribution in [3.8, 4) is 0 Å². The maximum Gasteiger partial charge on any atom is 0.0625 e. The molecule has 2 aliphatic heterocycles. The van der Waals surface area contributed by atoms with Gasteiger partial charge in [-0.3, -0.25) is 9.80 Å². The van der Waals surface area contributed by atoms with Gasteiger partial charge >= 0.3 is 0 Å². The van der Waals surface area contributed by atoms with Gasteiger partial charge in [0.25, 0.3) is 0 Å². The molecule has 0 radical (unpaired) electrons. The molecule has 0 spiro atoms. The van der Waals surface area contributed by atoms with Crippen LogP contribution in [0.2, 0.25) is 0 Å². The predicted molar refractivity (Wildman–Crippen MR) is 89.1 cm³/mol. The standard InChI is InChI=1S/C19H30N2/c1-2-4-9-14-20-15-10-16-21(19(20)13-8-3-1)17-18-11-6-5-7-12-18/h5-7,11-12,19H,1-4,8-10,13-17H2. The van der Waals surface area contributed by atoms with Gasteiger partial charge in [-0.1, -0.05) is 62.4 Å². The van der Waals surface area contributed by atoms with Gasteiger partial charge in [-0.2, -0.15) is 0 Å². The summed E-state index contributed by atoms with van der Waals surface area (Å²) in [5.41, 5.74) is 1.47. The van der Waals surface area contributed by atoms with Crippen LogP contribution in [0.3, 0.4) is 0 Å². The van der Waals surface area contributed by atoms with Crippen molar-refractivity contribution in [2.24, 2.45) is 0 Å². The fourth-order valence-electron chi connectivity index (χ4n) is 3.98. The van der Waals surface area contributed by atoms with Crippen LogP contribution in [0, 0.1) is 0 Å². The Labute approximate surface area is 130 Å². The molecule has 0 aliphatic carbocycles. The molecule has 3 rings (SSSR count). The van der Waals surface area contributed by atoms with Crippen LogP contribution in [-0.2, 0) is 6.54 Å². The number of nitrogens with zero attached hydrogens (tertiary/aromatic N) is 2. The first-order chi connectivity index (χ1) is 10.4. The monoisotopic (exact) mass is 286 g/mol. The van der Waals surface area contributed by atoms with E-state index in [9.17, 15) is 0 Å². The molecule has 116 valence electrons. The number of benzene rings is 1. The molecule has 1 unspecified atom stereocenters. The van der Waals surface area contributed by atoms with Gasteiger partial charge in [0.05, 0.1) is 6.17 Å². The molecule has 2 heterocycles. The van der Waals surface area contributed by atoms with E-state index < -0.39 is 0 Å². The molecule has 2 heteroatoms. The lowest BCUT2D eigenvalue weighted by atomic mass is 10.0. The van der Waals surface area contributed by atoms with E-state index in [4.69, 9.17) is 0 Å². The minimum absolute atomic E-state index is 0.692. The number of rotatable bonds is 2. The Morgan fingerprint density at radius 3 is 2.33 bits per heavy atom. The lowest BCUT2D eigenvalue weighted by Crippen LogP contribution is -2.53. The second kappa shape index (κ2) is 7.95. The number of hydrogen-bond donors (Lipinski definition) is 0. The first-order valence-corrected chi connectivity index (χ1v) is 8.95. The minimum atomic E-state index is 0.692. The normalized spacial score (nSPS) is 26.2. The van der Waals surface area contributed by atoms with E-state index in [1.54, 1.807) is 0 Å². The van der Waals surface area contributed by atoms with Crippen LogP contribution >= 0.6 is 0 Å². The van der Waals surface area contributed by atoms with Gasteiger partial charge in [-0.15, -0.1) is 0 Å². The summed E-state index contributed by atoms with van der Waals surface area (Å²) in [6, 6.07) is 11.0. The maximum atomic E-state index is 2.78. The topological polar surface area (TPSA) is 6.48 Å². The molecule has 1 aromatic rings. The van der Waals surface area contributed by atoms with Gasteiger partial charge in [0.1, 0.15) is 0 Å². The van der Waals surface area contributed by atoms with Crippen LogP contribution in [0.4, 0.5) is 0 Å². The molecule has 0 aromatic heterocycles. The highest BCUT2D eigenvalue weighted by Gasteiger charge is 2.28. The fourth-order valence-corrected chi connectivity index (χ4v) is 3.98. The lowest BCUT2D eigenvalue weighted by molar-refractivity contribution is -0.0100. The van der Waals surface area contributed by atoms with Crippen LogP contribution in [-0.4, -0.2) is 35.6 Å². The quantitative estimate of drug-likeness (QED) is 0.801. The van der Waals surface area contributed by atoms with Gasteiger partial charge in [0.15, 0.2) is 0 Å². The Balaban J connectivity index is 1.66. The summed E-state index contributed by atoms with van der Waals surface area (Å²) in [6.45, 7) is 5.03. The molecular weight excluding hydrogens is 256 g/mol. The van der Waals surface area contributed by atoms with Crippen molar-refractivity contribution >= 4 is 0 Å². The zero-order chi connectivity index (χ0) is 14.3. The molecule has 2 fully saturated rings. The molecule has 2 aliphatic rings. The third-order valence-corrected chi connectivity index (χ3v) is 5.12. The van der Waals surface area contributed by atoms with Gasteiger partial charge in [0, 0.05) is 19.6 Å². The average Bonchev–Trinajstić information content (AvgIpc) is 2.53. The van der Waals surface area contributed by atoms with Gasteiger partial charge in [-0.05, 0) is 31.4 Å². The summed E-state index contributed by atoms with van der Waals surface area (Å²) in [4.78, 5) is 5.51. The van der Waals surface area contributed by atoms with Crippen molar-refractivity contribution in [2.45, 2.75) is 64.1 Å². The average molecular weight is 286 g/mol. The van der Waals surface area contributed by atoms with Crippen LogP contribution in [0.1, 0.15) is 56.9 Å². The maximum absolute atomic E-state index is 2.78. The summed E-state index contributed by atoms with van der Waals surface area (Å²) in [5, 5.41) is 0. The summed E-state index contributed by atoms with van der Waals surface area (Å²) >= 11 is 0. The lowest BCUT2D eigenvalue weighted by Gasteiger charge is -2.44. The molecule has 2 saturated heterocycles. The SMILES string of the molecule is c1ccc(CN2CCCN3CCCCCCCCC32)cc1. The third-order valence-electron chi connectivity index (χ3n) is 5.12. The smallest absolute Gasteiger partial charge is 0.0625 e. The van der Waals surface area contributed by atoms with E-state index in [-0.39, 0.29) is 0 Å². The first-order valence-electron chi connectivity index (χ1n) is 8.95.